The van der Waals surface area contributed by atoms with E-state index >= 15 is 0 Å². The highest BCUT2D eigenvalue weighted by atomic mass is 16.5. The number of methoxy groups -OCH3 is 1. The molecule has 2 rings (SSSR count). The second-order valence-electron chi connectivity index (χ2n) is 7.35. The first kappa shape index (κ1) is 21.5. The number of carbonyl (C=O) groups is 2. The molecule has 1 N–H and O–H groups in total. The lowest BCUT2D eigenvalue weighted by molar-refractivity contribution is -0.140. The van der Waals surface area contributed by atoms with Crippen molar-refractivity contribution < 1.29 is 14.3 Å². The van der Waals surface area contributed by atoms with Gasteiger partial charge in [0.15, 0.2) is 0 Å². The first-order chi connectivity index (χ1) is 13.4. The number of amides is 2. The molecular weight excluding hydrogens is 352 g/mol. The van der Waals surface area contributed by atoms with Gasteiger partial charge in [-0.3, -0.25) is 9.59 Å². The molecule has 5 heteroatoms. The van der Waals surface area contributed by atoms with Crippen LogP contribution in [0.2, 0.25) is 0 Å². The van der Waals surface area contributed by atoms with Crippen molar-refractivity contribution in [2.75, 3.05) is 13.7 Å². The number of benzene rings is 2. The molecule has 2 aromatic rings. The highest BCUT2D eigenvalue weighted by Crippen LogP contribution is 2.16. The zero-order chi connectivity index (χ0) is 20.5. The fraction of sp³-hybridized carbons (Fsp3) is 0.391. The third-order valence-electron chi connectivity index (χ3n) is 4.56. The molecule has 2 aromatic carbocycles. The lowest BCUT2D eigenvalue weighted by Crippen LogP contribution is -2.48. The van der Waals surface area contributed by atoms with Gasteiger partial charge in [0.2, 0.25) is 11.8 Å². The van der Waals surface area contributed by atoms with Gasteiger partial charge in [0.05, 0.1) is 13.5 Å². The molecule has 150 valence electrons. The first-order valence-corrected chi connectivity index (χ1v) is 9.64. The van der Waals surface area contributed by atoms with Crippen LogP contribution in [0.15, 0.2) is 54.6 Å². The monoisotopic (exact) mass is 382 g/mol. The summed E-state index contributed by atoms with van der Waals surface area (Å²) in [5, 5.41) is 2.93. The van der Waals surface area contributed by atoms with Crippen LogP contribution in [0.1, 0.15) is 31.9 Å². The van der Waals surface area contributed by atoms with Crippen LogP contribution in [0.5, 0.6) is 5.75 Å². The molecule has 0 aliphatic heterocycles. The summed E-state index contributed by atoms with van der Waals surface area (Å²) in [6.45, 7) is 6.82. The average molecular weight is 383 g/mol. The first-order valence-electron chi connectivity index (χ1n) is 9.64. The fourth-order valence-electron chi connectivity index (χ4n) is 2.83. The standard InChI is InChI=1S/C23H30N2O3/c1-17(2)15-24-23(27)18(3)25(16-20-10-12-21(28-4)13-11-20)22(26)14-19-8-6-5-7-9-19/h5-13,17-18H,14-16H2,1-4H3,(H,24,27)/t18-/m0/s1. The highest BCUT2D eigenvalue weighted by molar-refractivity contribution is 5.88. The lowest BCUT2D eigenvalue weighted by atomic mass is 10.1. The van der Waals surface area contributed by atoms with Crippen LogP contribution in [0.3, 0.4) is 0 Å². The molecule has 0 heterocycles. The molecule has 5 nitrogen and oxygen atoms in total. The van der Waals surface area contributed by atoms with Gasteiger partial charge in [0, 0.05) is 13.1 Å². The molecule has 0 saturated heterocycles. The minimum Gasteiger partial charge on any atom is -0.497 e. The van der Waals surface area contributed by atoms with Gasteiger partial charge in [-0.2, -0.15) is 0 Å². The average Bonchev–Trinajstić information content (AvgIpc) is 2.70. The molecule has 28 heavy (non-hydrogen) atoms. The third-order valence-corrected chi connectivity index (χ3v) is 4.56. The predicted molar refractivity (Wildman–Crippen MR) is 111 cm³/mol. The number of ether oxygens (including phenoxy) is 1. The molecule has 0 aliphatic carbocycles. The van der Waals surface area contributed by atoms with E-state index in [-0.39, 0.29) is 18.2 Å². The van der Waals surface area contributed by atoms with Crippen LogP contribution in [-0.2, 0) is 22.6 Å². The van der Waals surface area contributed by atoms with Gasteiger partial charge in [-0.25, -0.2) is 0 Å². The summed E-state index contributed by atoms with van der Waals surface area (Å²) in [7, 11) is 1.62. The Kier molecular flexibility index (Phi) is 8.05. The van der Waals surface area contributed by atoms with E-state index in [1.165, 1.54) is 0 Å². The van der Waals surface area contributed by atoms with Crippen LogP contribution in [0.4, 0.5) is 0 Å². The van der Waals surface area contributed by atoms with Gasteiger partial charge in [-0.05, 0) is 36.1 Å². The van der Waals surface area contributed by atoms with Gasteiger partial charge in [-0.1, -0.05) is 56.3 Å². The van der Waals surface area contributed by atoms with Gasteiger partial charge in [-0.15, -0.1) is 0 Å². The quantitative estimate of drug-likeness (QED) is 0.723. The Balaban J connectivity index is 2.17. The maximum atomic E-state index is 13.0. The van der Waals surface area contributed by atoms with Crippen LogP contribution in [0.25, 0.3) is 0 Å². The van der Waals surface area contributed by atoms with Crippen molar-refractivity contribution in [3.05, 3.63) is 65.7 Å². The van der Waals surface area contributed by atoms with Crippen molar-refractivity contribution >= 4 is 11.8 Å². The van der Waals surface area contributed by atoms with E-state index in [2.05, 4.69) is 5.32 Å². The number of nitrogens with zero attached hydrogens (tertiary/aromatic N) is 1. The normalized spacial score (nSPS) is 11.8. The fourth-order valence-corrected chi connectivity index (χ4v) is 2.83. The number of carbonyl (C=O) groups excluding carboxylic acids is 2. The molecule has 0 fully saturated rings. The molecule has 0 radical (unpaired) electrons. The third kappa shape index (κ3) is 6.41. The van der Waals surface area contributed by atoms with Crippen molar-refractivity contribution in [1.29, 1.82) is 0 Å². The zero-order valence-electron chi connectivity index (χ0n) is 17.1. The van der Waals surface area contributed by atoms with Gasteiger partial charge < -0.3 is 15.0 Å². The summed E-state index contributed by atoms with van der Waals surface area (Å²) in [6.07, 6.45) is 0.263. The zero-order valence-corrected chi connectivity index (χ0v) is 17.1. The minimum absolute atomic E-state index is 0.0748. The van der Waals surface area contributed by atoms with E-state index in [4.69, 9.17) is 4.74 Å². The smallest absolute Gasteiger partial charge is 0.242 e. The molecule has 0 aromatic heterocycles. The van der Waals surface area contributed by atoms with Crippen molar-refractivity contribution in [2.24, 2.45) is 5.92 Å². The Morgan fingerprint density at radius 2 is 1.61 bits per heavy atom. The molecule has 0 aliphatic rings. The number of hydrogen-bond donors (Lipinski definition) is 1. The van der Waals surface area contributed by atoms with Crippen LogP contribution >= 0.6 is 0 Å². The van der Waals surface area contributed by atoms with Gasteiger partial charge in [0.1, 0.15) is 11.8 Å². The minimum atomic E-state index is -0.558. The Labute approximate surface area is 167 Å². The van der Waals surface area contributed by atoms with Crippen molar-refractivity contribution in [2.45, 2.75) is 39.8 Å². The summed E-state index contributed by atoms with van der Waals surface area (Å²) < 4.78 is 5.20. The molecule has 0 bridgehead atoms. The number of hydrogen-bond acceptors (Lipinski definition) is 3. The number of rotatable bonds is 9. The molecule has 2 amide bonds. The van der Waals surface area contributed by atoms with Crippen LogP contribution in [0, 0.1) is 5.92 Å². The Hall–Kier alpha value is -2.82. The second-order valence-corrected chi connectivity index (χ2v) is 7.35. The van der Waals surface area contributed by atoms with Crippen LogP contribution in [-0.4, -0.2) is 36.4 Å². The summed E-state index contributed by atoms with van der Waals surface area (Å²) in [5.74, 6) is 0.901. The van der Waals surface area contributed by atoms with Gasteiger partial charge in [0.25, 0.3) is 0 Å². The topological polar surface area (TPSA) is 58.6 Å². The Bertz CT molecular complexity index is 757. The summed E-state index contributed by atoms with van der Waals surface area (Å²) in [4.78, 5) is 27.3. The maximum absolute atomic E-state index is 13.0. The lowest BCUT2D eigenvalue weighted by Gasteiger charge is -2.29. The van der Waals surface area contributed by atoms with E-state index in [0.717, 1.165) is 16.9 Å². The van der Waals surface area contributed by atoms with Crippen molar-refractivity contribution in [1.82, 2.24) is 10.2 Å². The molecule has 0 spiro atoms. The number of nitrogens with one attached hydrogen (secondary N) is 1. The SMILES string of the molecule is COc1ccc(CN(C(=O)Cc2ccccc2)[C@@H](C)C(=O)NCC(C)C)cc1. The van der Waals surface area contributed by atoms with Crippen molar-refractivity contribution in [3.63, 3.8) is 0 Å². The van der Waals surface area contributed by atoms with Crippen LogP contribution < -0.4 is 10.1 Å². The summed E-state index contributed by atoms with van der Waals surface area (Å²) >= 11 is 0. The van der Waals surface area contributed by atoms with E-state index in [9.17, 15) is 9.59 Å². The van der Waals surface area contributed by atoms with E-state index in [1.54, 1.807) is 18.9 Å². The Morgan fingerprint density at radius 1 is 0.964 bits per heavy atom. The highest BCUT2D eigenvalue weighted by Gasteiger charge is 2.26. The van der Waals surface area contributed by atoms with E-state index in [0.29, 0.717) is 19.0 Å². The largest absolute Gasteiger partial charge is 0.497 e. The molecule has 0 saturated carbocycles. The second kappa shape index (κ2) is 10.5. The Morgan fingerprint density at radius 3 is 2.18 bits per heavy atom. The molecular formula is C23H30N2O3. The molecule has 1 atom stereocenters. The predicted octanol–water partition coefficient (Wildman–Crippen LogP) is 3.43. The van der Waals surface area contributed by atoms with Gasteiger partial charge >= 0.3 is 0 Å². The van der Waals surface area contributed by atoms with E-state index < -0.39 is 6.04 Å². The van der Waals surface area contributed by atoms with Crippen molar-refractivity contribution in [3.8, 4) is 5.75 Å². The molecule has 0 unspecified atom stereocenters. The summed E-state index contributed by atoms with van der Waals surface area (Å²) in [5.41, 5.74) is 1.88. The van der Waals surface area contributed by atoms with E-state index in [1.807, 2.05) is 68.4 Å². The summed E-state index contributed by atoms with van der Waals surface area (Å²) in [6, 6.07) is 16.6. The maximum Gasteiger partial charge on any atom is 0.242 e.